The van der Waals surface area contributed by atoms with Crippen LogP contribution in [0.25, 0.3) is 16.3 Å². The maximum atomic E-state index is 16.2. The van der Waals surface area contributed by atoms with Gasteiger partial charge < -0.3 is 15.4 Å². The van der Waals surface area contributed by atoms with E-state index in [1.807, 2.05) is 26.1 Å². The third-order valence-corrected chi connectivity index (χ3v) is 9.37. The largest absolute Gasteiger partial charge is 0.447 e. The number of benzene rings is 2. The molecule has 2 bridgehead atoms. The van der Waals surface area contributed by atoms with Gasteiger partial charge in [-0.3, -0.25) is 9.69 Å². The van der Waals surface area contributed by atoms with Gasteiger partial charge in [0.25, 0.3) is 12.2 Å². The highest BCUT2D eigenvalue weighted by Gasteiger charge is 2.64. The molecule has 2 atom stereocenters. The summed E-state index contributed by atoms with van der Waals surface area (Å²) in [5.41, 5.74) is -2.47. The predicted octanol–water partition coefficient (Wildman–Crippen LogP) is 6.95. The maximum absolute atomic E-state index is 16.2. The molecular weight excluding hydrogens is 721 g/mol. The molecule has 1 unspecified atom stereocenters. The van der Waals surface area contributed by atoms with E-state index in [0.29, 0.717) is 17.0 Å². The van der Waals surface area contributed by atoms with Gasteiger partial charge in [0.1, 0.15) is 35.6 Å². The fourth-order valence-electron chi connectivity index (χ4n) is 5.35. The lowest BCUT2D eigenvalue weighted by Crippen LogP contribution is -2.51. The number of rotatable bonds is 7. The second kappa shape index (κ2) is 13.8. The van der Waals surface area contributed by atoms with Crippen molar-refractivity contribution in [3.63, 3.8) is 0 Å². The number of nitrogens with zero attached hydrogens (tertiary/aromatic N) is 7. The van der Waals surface area contributed by atoms with Gasteiger partial charge in [-0.2, -0.15) is 22.6 Å². The standard InChI is InChI=1S/C32H31ClF5N9O3S/c1-30(2,3)10-11-39-28-44-24(35)25-40-15-42-47(25)22-13-17(5-7-20(22)33)23(14-50-29(49)45-31(8-9-31)32(36,37)38)46(28)27(48)19-6-4-18(12-21(19)34)26-41-16-43-51-26/h4-7,12-13,15-16,23-24H,8-11,14H2,1-3H3,(H,39,44)(H,45,49)/t23-,24?/m1/s1. The van der Waals surface area contributed by atoms with Gasteiger partial charge in [-0.1, -0.05) is 44.5 Å². The number of carbonyl (C=O) groups is 2. The van der Waals surface area contributed by atoms with Crippen molar-refractivity contribution in [2.24, 2.45) is 10.4 Å². The average Bonchev–Trinajstić information content (AvgIpc) is 3.42. The van der Waals surface area contributed by atoms with Crippen LogP contribution in [0.15, 0.2) is 54.0 Å². The molecule has 2 aromatic heterocycles. The molecule has 1 saturated carbocycles. The number of aliphatic imine (C=N–C) groups is 1. The molecule has 19 heteroatoms. The quantitative estimate of drug-likeness (QED) is 0.153. The van der Waals surface area contributed by atoms with Gasteiger partial charge in [-0.15, -0.1) is 0 Å². The van der Waals surface area contributed by atoms with Gasteiger partial charge in [0.2, 0.25) is 5.96 Å². The zero-order valence-corrected chi connectivity index (χ0v) is 28.9. The van der Waals surface area contributed by atoms with Gasteiger partial charge in [0.15, 0.2) is 5.82 Å². The summed E-state index contributed by atoms with van der Waals surface area (Å²) in [5, 5.41) is 9.47. The third-order valence-electron chi connectivity index (χ3n) is 8.34. The Balaban J connectivity index is 1.47. The summed E-state index contributed by atoms with van der Waals surface area (Å²) in [7, 11) is 0. The van der Waals surface area contributed by atoms with Gasteiger partial charge >= 0.3 is 12.3 Å². The summed E-state index contributed by atoms with van der Waals surface area (Å²) < 4.78 is 83.5. The number of guanidine groups is 1. The number of hydrogen-bond donors (Lipinski definition) is 2. The van der Waals surface area contributed by atoms with Crippen LogP contribution in [0.2, 0.25) is 5.02 Å². The van der Waals surface area contributed by atoms with E-state index in [4.69, 9.17) is 16.3 Å². The first-order valence-corrected chi connectivity index (χ1v) is 16.8. The van der Waals surface area contributed by atoms with Crippen LogP contribution >= 0.6 is 23.1 Å². The Bertz CT molecular complexity index is 1960. The molecule has 1 aliphatic carbocycles. The topological polar surface area (TPSA) is 140 Å². The normalized spacial score (nSPS) is 19.4. The van der Waals surface area contributed by atoms with E-state index in [-0.39, 0.29) is 52.9 Å². The summed E-state index contributed by atoms with van der Waals surface area (Å²) in [6.07, 6.45) is -6.17. The van der Waals surface area contributed by atoms with Crippen LogP contribution < -0.4 is 10.6 Å². The fraction of sp³-hybridized carbons (Fsp3) is 0.406. The molecule has 4 aromatic rings. The number of fused-ring (bicyclic) bond motifs is 4. The highest BCUT2D eigenvalue weighted by molar-refractivity contribution is 7.09. The monoisotopic (exact) mass is 751 g/mol. The molecular formula is C32H31ClF5N9O3S. The molecule has 0 spiro atoms. The fourth-order valence-corrected chi connectivity index (χ4v) is 6.07. The van der Waals surface area contributed by atoms with Crippen LogP contribution in [0, 0.1) is 11.2 Å². The van der Waals surface area contributed by atoms with Crippen molar-refractivity contribution < 1.29 is 36.3 Å². The zero-order valence-electron chi connectivity index (χ0n) is 27.3. The van der Waals surface area contributed by atoms with Crippen LogP contribution in [0.1, 0.15) is 74.1 Å². The predicted molar refractivity (Wildman–Crippen MR) is 176 cm³/mol. The summed E-state index contributed by atoms with van der Waals surface area (Å²) in [5.74, 6) is -2.68. The van der Waals surface area contributed by atoms with Gasteiger partial charge in [-0.25, -0.2) is 33.2 Å². The third kappa shape index (κ3) is 7.66. The smallest absolute Gasteiger partial charge is 0.411 e. The van der Waals surface area contributed by atoms with Crippen LogP contribution in [0.5, 0.6) is 0 Å². The van der Waals surface area contributed by atoms with Crippen molar-refractivity contribution in [2.75, 3.05) is 13.2 Å². The lowest BCUT2D eigenvalue weighted by Gasteiger charge is -2.34. The van der Waals surface area contributed by atoms with E-state index in [1.165, 1.54) is 36.7 Å². The SMILES string of the molecule is CC(C)(C)CCN/C1=N\C(F)c2ncnn2-c2cc(ccc2Cl)[C@@H](COC(=O)NC2(C(F)(F)F)CC2)N1C(=O)c1ccc(-c2ncns2)cc1F. The van der Waals surface area contributed by atoms with Crippen molar-refractivity contribution >= 4 is 41.1 Å². The Hall–Kier alpha value is -4.71. The zero-order chi connectivity index (χ0) is 36.7. The molecule has 3 heterocycles. The second-order valence-electron chi connectivity index (χ2n) is 13.2. The van der Waals surface area contributed by atoms with Crippen LogP contribution in [-0.4, -0.2) is 71.8 Å². The molecule has 51 heavy (non-hydrogen) atoms. The van der Waals surface area contributed by atoms with E-state index in [0.717, 1.165) is 33.5 Å². The molecule has 2 amide bonds. The van der Waals surface area contributed by atoms with E-state index in [1.54, 1.807) is 0 Å². The van der Waals surface area contributed by atoms with E-state index in [2.05, 4.69) is 29.7 Å². The number of amides is 2. The first-order chi connectivity index (χ1) is 24.1. The Labute approximate surface area is 297 Å². The van der Waals surface area contributed by atoms with Crippen LogP contribution in [-0.2, 0) is 4.74 Å². The Morgan fingerprint density at radius 2 is 1.86 bits per heavy atom. The Kier molecular flexibility index (Phi) is 9.75. The van der Waals surface area contributed by atoms with Gasteiger partial charge in [0.05, 0.1) is 22.3 Å². The number of carbonyl (C=O) groups excluding carboxylic acids is 2. The minimum absolute atomic E-state index is 0.0974. The lowest BCUT2D eigenvalue weighted by atomic mass is 9.92. The summed E-state index contributed by atoms with van der Waals surface area (Å²) in [6.45, 7) is 5.26. The first-order valence-electron chi connectivity index (χ1n) is 15.6. The molecule has 12 nitrogen and oxygen atoms in total. The number of alkyl halides is 4. The minimum Gasteiger partial charge on any atom is -0.447 e. The van der Waals surface area contributed by atoms with Crippen molar-refractivity contribution in [2.45, 2.75) is 64.1 Å². The number of ether oxygens (including phenoxy) is 1. The summed E-state index contributed by atoms with van der Waals surface area (Å²) >= 11 is 7.50. The molecule has 2 N–H and O–H groups in total. The maximum Gasteiger partial charge on any atom is 0.411 e. The number of aromatic nitrogens is 5. The molecule has 270 valence electrons. The van der Waals surface area contributed by atoms with Gasteiger partial charge in [0, 0.05) is 12.1 Å². The number of nitrogens with one attached hydrogen (secondary N) is 2. The van der Waals surface area contributed by atoms with Crippen LogP contribution in [0.3, 0.4) is 0 Å². The number of halogens is 6. The second-order valence-corrected chi connectivity index (χ2v) is 14.4. The Morgan fingerprint density at radius 1 is 1.10 bits per heavy atom. The molecule has 1 aliphatic heterocycles. The summed E-state index contributed by atoms with van der Waals surface area (Å²) in [6, 6.07) is 6.67. The van der Waals surface area contributed by atoms with E-state index >= 15 is 8.78 Å². The lowest BCUT2D eigenvalue weighted by molar-refractivity contribution is -0.164. The first kappa shape index (κ1) is 36.1. The van der Waals surface area contributed by atoms with Gasteiger partial charge in [-0.05, 0) is 66.0 Å². The average molecular weight is 752 g/mol. The Morgan fingerprint density at radius 3 is 2.51 bits per heavy atom. The highest BCUT2D eigenvalue weighted by Crippen LogP contribution is 2.49. The van der Waals surface area contributed by atoms with Crippen LogP contribution in [0.4, 0.5) is 26.7 Å². The van der Waals surface area contributed by atoms with Crippen molar-refractivity contribution in [3.8, 4) is 16.3 Å². The van der Waals surface area contributed by atoms with E-state index < -0.39 is 54.0 Å². The molecule has 0 saturated heterocycles. The number of alkyl carbamates (subject to hydrolysis) is 1. The van der Waals surface area contributed by atoms with Crippen molar-refractivity contribution in [1.29, 1.82) is 0 Å². The molecule has 6 rings (SSSR count). The summed E-state index contributed by atoms with van der Waals surface area (Å²) in [4.78, 5) is 40.7. The number of hydrogen-bond acceptors (Lipinski definition) is 10. The highest BCUT2D eigenvalue weighted by atomic mass is 35.5. The van der Waals surface area contributed by atoms with Crippen molar-refractivity contribution in [3.05, 3.63) is 76.8 Å². The van der Waals surface area contributed by atoms with E-state index in [9.17, 15) is 22.8 Å². The molecule has 1 fully saturated rings. The minimum atomic E-state index is -4.73. The molecule has 0 radical (unpaired) electrons. The van der Waals surface area contributed by atoms with Crippen molar-refractivity contribution in [1.82, 2.24) is 39.7 Å². The molecule has 2 aliphatic rings. The molecule has 2 aromatic carbocycles.